The molecule has 0 atom stereocenters. The predicted octanol–water partition coefficient (Wildman–Crippen LogP) is 6.07. The minimum Gasteiger partial charge on any atom is -0.493 e. The number of ether oxygens (including phenoxy) is 1. The molecule has 184 valence electrons. The van der Waals surface area contributed by atoms with Gasteiger partial charge < -0.3 is 9.84 Å². The first-order valence-corrected chi connectivity index (χ1v) is 11.9. The predicted molar refractivity (Wildman–Crippen MR) is 137 cm³/mol. The maximum absolute atomic E-state index is 12.1. The third kappa shape index (κ3) is 7.17. The summed E-state index contributed by atoms with van der Waals surface area (Å²) in [6, 6.07) is 13.0. The number of hydrogen-bond donors (Lipinski definition) is 2. The number of carboxylic acid groups (broad SMARTS) is 1. The molecular formula is C28H38N2O4. The smallest absolute Gasteiger partial charge is 0.336 e. The van der Waals surface area contributed by atoms with Gasteiger partial charge in [-0.2, -0.15) is 5.10 Å². The van der Waals surface area contributed by atoms with E-state index in [1.54, 1.807) is 18.2 Å². The highest BCUT2D eigenvalue weighted by Crippen LogP contribution is 2.38. The number of benzene rings is 2. The summed E-state index contributed by atoms with van der Waals surface area (Å²) < 4.78 is 6.11. The van der Waals surface area contributed by atoms with Crippen molar-refractivity contribution in [2.75, 3.05) is 6.61 Å². The van der Waals surface area contributed by atoms with E-state index >= 15 is 0 Å². The van der Waals surface area contributed by atoms with Crippen molar-refractivity contribution in [2.45, 2.75) is 78.1 Å². The van der Waals surface area contributed by atoms with E-state index in [2.05, 4.69) is 70.3 Å². The van der Waals surface area contributed by atoms with Crippen molar-refractivity contribution in [3.63, 3.8) is 0 Å². The molecule has 0 bridgehead atoms. The highest BCUT2D eigenvalue weighted by atomic mass is 16.5. The van der Waals surface area contributed by atoms with Crippen LogP contribution >= 0.6 is 0 Å². The highest BCUT2D eigenvalue weighted by Gasteiger charge is 2.26. The van der Waals surface area contributed by atoms with Crippen LogP contribution in [0.5, 0.6) is 5.75 Å². The first-order chi connectivity index (χ1) is 16.0. The maximum Gasteiger partial charge on any atom is 0.336 e. The number of nitrogens with zero attached hydrogens (tertiary/aromatic N) is 1. The van der Waals surface area contributed by atoms with Gasteiger partial charge in [-0.3, -0.25) is 4.79 Å². The van der Waals surface area contributed by atoms with Gasteiger partial charge in [0.25, 0.3) is 0 Å². The Kier molecular flexibility index (Phi) is 9.42. The molecule has 2 N–H and O–H groups in total. The number of aromatic carboxylic acids is 1. The lowest BCUT2D eigenvalue weighted by molar-refractivity contribution is -0.121. The first-order valence-electron chi connectivity index (χ1n) is 11.9. The number of carboxylic acids is 1. The standard InChI is InChI=1S/C28H38N2O4/c1-7-27(3,4)21-15-16-24(23(18-21)28(5,6)8-2)34-17-11-14-25(31)30-29-19-20-12-9-10-13-22(20)26(32)33/h9-10,12-13,15-16,18-19H,7-8,11,14,17H2,1-6H3,(H,30,31)(H,32,33). The van der Waals surface area contributed by atoms with Gasteiger partial charge in [0.05, 0.1) is 18.4 Å². The van der Waals surface area contributed by atoms with E-state index in [0.717, 1.165) is 18.6 Å². The molecule has 0 aliphatic carbocycles. The number of hydrazone groups is 1. The molecule has 2 aromatic carbocycles. The fourth-order valence-corrected chi connectivity index (χ4v) is 3.45. The molecule has 2 aromatic rings. The zero-order valence-corrected chi connectivity index (χ0v) is 21.3. The number of carbonyl (C=O) groups excluding carboxylic acids is 1. The van der Waals surface area contributed by atoms with Crippen LogP contribution in [0.2, 0.25) is 0 Å². The van der Waals surface area contributed by atoms with E-state index in [-0.39, 0.29) is 28.7 Å². The van der Waals surface area contributed by atoms with Crippen LogP contribution < -0.4 is 10.2 Å². The van der Waals surface area contributed by atoms with Crippen molar-refractivity contribution < 1.29 is 19.4 Å². The Bertz CT molecular complexity index is 1020. The number of amides is 1. The van der Waals surface area contributed by atoms with Gasteiger partial charge in [0, 0.05) is 17.5 Å². The monoisotopic (exact) mass is 466 g/mol. The van der Waals surface area contributed by atoms with Crippen LogP contribution in [-0.4, -0.2) is 29.8 Å². The summed E-state index contributed by atoms with van der Waals surface area (Å²) in [5, 5.41) is 13.1. The van der Waals surface area contributed by atoms with Gasteiger partial charge in [-0.15, -0.1) is 0 Å². The van der Waals surface area contributed by atoms with Gasteiger partial charge in [-0.1, -0.05) is 71.9 Å². The maximum atomic E-state index is 12.1. The van der Waals surface area contributed by atoms with E-state index in [4.69, 9.17) is 4.74 Å². The van der Waals surface area contributed by atoms with Crippen LogP contribution in [0.25, 0.3) is 0 Å². The van der Waals surface area contributed by atoms with Crippen LogP contribution in [0, 0.1) is 0 Å². The largest absolute Gasteiger partial charge is 0.493 e. The van der Waals surface area contributed by atoms with Crippen LogP contribution in [0.4, 0.5) is 0 Å². The molecule has 0 spiro atoms. The van der Waals surface area contributed by atoms with Crippen molar-refractivity contribution in [3.8, 4) is 5.75 Å². The first kappa shape index (κ1) is 27.1. The summed E-state index contributed by atoms with van der Waals surface area (Å²) in [7, 11) is 0. The van der Waals surface area contributed by atoms with E-state index < -0.39 is 5.97 Å². The van der Waals surface area contributed by atoms with E-state index in [9.17, 15) is 14.7 Å². The third-order valence-electron chi connectivity index (χ3n) is 6.65. The average molecular weight is 467 g/mol. The molecule has 0 aliphatic heterocycles. The van der Waals surface area contributed by atoms with Crippen molar-refractivity contribution in [2.24, 2.45) is 5.10 Å². The zero-order chi connectivity index (χ0) is 25.4. The van der Waals surface area contributed by atoms with Gasteiger partial charge in [-0.25, -0.2) is 10.2 Å². The van der Waals surface area contributed by atoms with Crippen LogP contribution in [0.3, 0.4) is 0 Å². The lowest BCUT2D eigenvalue weighted by Crippen LogP contribution is -2.21. The SMILES string of the molecule is CCC(C)(C)c1ccc(OCCCC(=O)NN=Cc2ccccc2C(=O)O)c(C(C)(C)CC)c1. The molecule has 0 radical (unpaired) electrons. The van der Waals surface area contributed by atoms with Crippen LogP contribution in [-0.2, 0) is 15.6 Å². The Morgan fingerprint density at radius 1 is 1.03 bits per heavy atom. The van der Waals surface area contributed by atoms with Crippen LogP contribution in [0.15, 0.2) is 47.6 Å². The summed E-state index contributed by atoms with van der Waals surface area (Å²) in [6.07, 6.45) is 4.19. The molecule has 1 amide bonds. The van der Waals surface area contributed by atoms with Gasteiger partial charge in [0.2, 0.25) is 5.91 Å². The second-order valence-corrected chi connectivity index (χ2v) is 9.82. The van der Waals surface area contributed by atoms with Gasteiger partial charge >= 0.3 is 5.97 Å². The topological polar surface area (TPSA) is 88.0 Å². The number of carbonyl (C=O) groups is 2. The molecule has 6 nitrogen and oxygen atoms in total. The van der Waals surface area contributed by atoms with Crippen molar-refractivity contribution in [1.29, 1.82) is 0 Å². The second kappa shape index (κ2) is 11.8. The Hall–Kier alpha value is -3.15. The van der Waals surface area contributed by atoms with Gasteiger partial charge in [0.15, 0.2) is 0 Å². The second-order valence-electron chi connectivity index (χ2n) is 9.82. The summed E-state index contributed by atoms with van der Waals surface area (Å²) in [5.74, 6) is -0.421. The van der Waals surface area contributed by atoms with E-state index in [1.165, 1.54) is 23.4 Å². The number of nitrogens with one attached hydrogen (secondary N) is 1. The molecule has 34 heavy (non-hydrogen) atoms. The summed E-state index contributed by atoms with van der Waals surface area (Å²) in [4.78, 5) is 23.4. The number of rotatable bonds is 12. The third-order valence-corrected chi connectivity index (χ3v) is 6.65. The quantitative estimate of drug-likeness (QED) is 0.226. The number of hydrogen-bond acceptors (Lipinski definition) is 4. The van der Waals surface area contributed by atoms with Gasteiger partial charge in [0.1, 0.15) is 5.75 Å². The Labute approximate surface area is 203 Å². The highest BCUT2D eigenvalue weighted by molar-refractivity contribution is 5.98. The van der Waals surface area contributed by atoms with Crippen molar-refractivity contribution >= 4 is 18.1 Å². The molecule has 2 rings (SSSR count). The molecule has 0 aromatic heterocycles. The minimum atomic E-state index is -1.04. The van der Waals surface area contributed by atoms with E-state index in [0.29, 0.717) is 18.6 Å². The normalized spacial score (nSPS) is 12.1. The fourth-order valence-electron chi connectivity index (χ4n) is 3.45. The Morgan fingerprint density at radius 2 is 1.71 bits per heavy atom. The van der Waals surface area contributed by atoms with Gasteiger partial charge in [-0.05, 0) is 47.8 Å². The van der Waals surface area contributed by atoms with Crippen LogP contribution in [0.1, 0.15) is 94.3 Å². The summed E-state index contributed by atoms with van der Waals surface area (Å²) in [6.45, 7) is 13.8. The molecule has 0 fully saturated rings. The summed E-state index contributed by atoms with van der Waals surface area (Å²) >= 11 is 0. The molecule has 6 heteroatoms. The zero-order valence-electron chi connectivity index (χ0n) is 21.3. The molecular weight excluding hydrogens is 428 g/mol. The van der Waals surface area contributed by atoms with Crippen molar-refractivity contribution in [3.05, 3.63) is 64.7 Å². The molecule has 0 saturated heterocycles. The Morgan fingerprint density at radius 3 is 2.35 bits per heavy atom. The summed E-state index contributed by atoms with van der Waals surface area (Å²) in [5.41, 5.74) is 5.59. The molecule has 0 saturated carbocycles. The molecule has 0 unspecified atom stereocenters. The fraction of sp³-hybridized carbons (Fsp3) is 0.464. The Balaban J connectivity index is 1.95. The molecule has 0 heterocycles. The molecule has 0 aliphatic rings. The minimum absolute atomic E-state index is 0.0203. The van der Waals surface area contributed by atoms with Crippen molar-refractivity contribution in [1.82, 2.24) is 5.43 Å². The lowest BCUT2D eigenvalue weighted by Gasteiger charge is -2.30. The van der Waals surface area contributed by atoms with E-state index in [1.807, 2.05) is 0 Å². The lowest BCUT2D eigenvalue weighted by atomic mass is 9.76. The average Bonchev–Trinajstić information content (AvgIpc) is 2.82.